The van der Waals surface area contributed by atoms with Crippen LogP contribution >= 0.6 is 0 Å². The standard InChI is InChI=1S/C12H22O11/c13-1-3-5(15)6(16)9(19)12(22-3)23-10-4(2-14)21-11(20)8(18)7(10)17/h3-20H,1-2H2/t3-,4-,5-,6-,7+,8-,9-,10-,11-,12-/m1/s1. The third kappa shape index (κ3) is 3.65. The van der Waals surface area contributed by atoms with Crippen molar-refractivity contribution in [2.24, 2.45) is 0 Å². The molecule has 0 amide bonds. The van der Waals surface area contributed by atoms with Crippen molar-refractivity contribution in [3.8, 4) is 0 Å². The first-order valence-electron chi connectivity index (χ1n) is 7.08. The van der Waals surface area contributed by atoms with Crippen molar-refractivity contribution in [3.05, 3.63) is 0 Å². The zero-order valence-electron chi connectivity index (χ0n) is 12.0. The van der Waals surface area contributed by atoms with Crippen molar-refractivity contribution in [3.63, 3.8) is 0 Å². The number of rotatable bonds is 4. The van der Waals surface area contributed by atoms with Crippen molar-refractivity contribution in [1.82, 2.24) is 0 Å². The molecule has 11 heteroatoms. The van der Waals surface area contributed by atoms with Crippen LogP contribution in [-0.2, 0) is 14.2 Å². The van der Waals surface area contributed by atoms with Gasteiger partial charge in [0.1, 0.15) is 48.8 Å². The zero-order chi connectivity index (χ0) is 17.3. The van der Waals surface area contributed by atoms with Gasteiger partial charge in [-0.1, -0.05) is 0 Å². The van der Waals surface area contributed by atoms with E-state index in [1.807, 2.05) is 0 Å². The van der Waals surface area contributed by atoms with E-state index in [1.165, 1.54) is 0 Å². The minimum Gasteiger partial charge on any atom is -0.394 e. The first kappa shape index (κ1) is 18.9. The maximum Gasteiger partial charge on any atom is 0.187 e. The average molecular weight is 342 g/mol. The molecule has 2 aliphatic heterocycles. The van der Waals surface area contributed by atoms with Gasteiger partial charge in [0.15, 0.2) is 12.6 Å². The van der Waals surface area contributed by atoms with Crippen LogP contribution in [0.2, 0.25) is 0 Å². The molecule has 0 aromatic rings. The minimum atomic E-state index is -1.74. The zero-order valence-corrected chi connectivity index (χ0v) is 12.0. The fourth-order valence-corrected chi connectivity index (χ4v) is 2.57. The van der Waals surface area contributed by atoms with Gasteiger partial charge in [0.25, 0.3) is 0 Å². The van der Waals surface area contributed by atoms with Gasteiger partial charge in [0.05, 0.1) is 13.2 Å². The predicted molar refractivity (Wildman–Crippen MR) is 68.6 cm³/mol. The lowest BCUT2D eigenvalue weighted by atomic mass is 9.97. The second-order valence-corrected chi connectivity index (χ2v) is 5.53. The number of ether oxygens (including phenoxy) is 3. The molecule has 2 rings (SSSR count). The van der Waals surface area contributed by atoms with Gasteiger partial charge in [-0.3, -0.25) is 0 Å². The highest BCUT2D eigenvalue weighted by atomic mass is 16.7. The summed E-state index contributed by atoms with van der Waals surface area (Å²) in [5, 5.41) is 76.5. The monoisotopic (exact) mass is 342 g/mol. The normalized spacial score (nSPS) is 51.7. The number of aliphatic hydroxyl groups excluding tert-OH is 8. The minimum absolute atomic E-state index is 0.667. The van der Waals surface area contributed by atoms with Crippen molar-refractivity contribution in [2.45, 2.75) is 61.4 Å². The van der Waals surface area contributed by atoms with Gasteiger partial charge in [-0.2, -0.15) is 0 Å². The predicted octanol–water partition coefficient (Wildman–Crippen LogP) is -5.40. The molecule has 0 radical (unpaired) electrons. The van der Waals surface area contributed by atoms with E-state index < -0.39 is 74.6 Å². The van der Waals surface area contributed by atoms with Gasteiger partial charge in [-0.25, -0.2) is 0 Å². The van der Waals surface area contributed by atoms with Crippen LogP contribution < -0.4 is 0 Å². The molecule has 10 atom stereocenters. The Labute approximate surface area is 130 Å². The molecular formula is C12H22O11. The molecule has 0 aliphatic carbocycles. The molecule has 0 aromatic heterocycles. The molecule has 0 saturated carbocycles. The smallest absolute Gasteiger partial charge is 0.187 e. The van der Waals surface area contributed by atoms with Crippen LogP contribution in [0.25, 0.3) is 0 Å². The Morgan fingerprint density at radius 1 is 0.652 bits per heavy atom. The summed E-state index contributed by atoms with van der Waals surface area (Å²) in [5.74, 6) is 0. The van der Waals surface area contributed by atoms with Gasteiger partial charge < -0.3 is 55.1 Å². The van der Waals surface area contributed by atoms with Crippen molar-refractivity contribution in [2.75, 3.05) is 13.2 Å². The van der Waals surface area contributed by atoms with Gasteiger partial charge in [0, 0.05) is 0 Å². The maximum absolute atomic E-state index is 9.94. The third-order valence-corrected chi connectivity index (χ3v) is 3.98. The molecule has 0 aromatic carbocycles. The molecule has 8 N–H and O–H groups in total. The van der Waals surface area contributed by atoms with Crippen LogP contribution in [0.3, 0.4) is 0 Å². The number of aliphatic hydroxyl groups is 8. The number of hydrogen-bond acceptors (Lipinski definition) is 11. The highest BCUT2D eigenvalue weighted by Gasteiger charge is 2.50. The van der Waals surface area contributed by atoms with Crippen LogP contribution in [0.1, 0.15) is 0 Å². The summed E-state index contributed by atoms with van der Waals surface area (Å²) >= 11 is 0. The lowest BCUT2D eigenvalue weighted by molar-refractivity contribution is -0.355. The van der Waals surface area contributed by atoms with Gasteiger partial charge in [-0.05, 0) is 0 Å². The summed E-state index contributed by atoms with van der Waals surface area (Å²) < 4.78 is 15.3. The fourth-order valence-electron chi connectivity index (χ4n) is 2.57. The van der Waals surface area contributed by atoms with E-state index in [0.717, 1.165) is 0 Å². The maximum atomic E-state index is 9.94. The second kappa shape index (κ2) is 7.63. The Hall–Kier alpha value is -0.440. The van der Waals surface area contributed by atoms with Crippen molar-refractivity contribution >= 4 is 0 Å². The van der Waals surface area contributed by atoms with Crippen LogP contribution in [0.4, 0.5) is 0 Å². The molecule has 0 bridgehead atoms. The Morgan fingerprint density at radius 3 is 1.83 bits per heavy atom. The fraction of sp³-hybridized carbons (Fsp3) is 1.00. The number of hydrogen-bond donors (Lipinski definition) is 8. The van der Waals surface area contributed by atoms with Crippen molar-refractivity contribution in [1.29, 1.82) is 0 Å². The van der Waals surface area contributed by atoms with E-state index in [2.05, 4.69) is 0 Å². The molecule has 2 saturated heterocycles. The molecule has 2 heterocycles. The van der Waals surface area contributed by atoms with E-state index in [9.17, 15) is 35.7 Å². The summed E-state index contributed by atoms with van der Waals surface area (Å²) in [6, 6.07) is 0. The molecule has 2 aliphatic rings. The lowest BCUT2D eigenvalue weighted by Crippen LogP contribution is -2.64. The summed E-state index contributed by atoms with van der Waals surface area (Å²) in [7, 11) is 0. The van der Waals surface area contributed by atoms with Crippen LogP contribution in [-0.4, -0.2) is 115 Å². The highest BCUT2D eigenvalue weighted by Crippen LogP contribution is 2.28. The van der Waals surface area contributed by atoms with E-state index in [0.29, 0.717) is 0 Å². The van der Waals surface area contributed by atoms with E-state index >= 15 is 0 Å². The molecule has 2 fully saturated rings. The molecule has 23 heavy (non-hydrogen) atoms. The van der Waals surface area contributed by atoms with Crippen LogP contribution in [0.5, 0.6) is 0 Å². The molecule has 11 nitrogen and oxygen atoms in total. The average Bonchev–Trinajstić information content (AvgIpc) is 2.55. The quantitative estimate of drug-likeness (QED) is 0.243. The molecule has 0 unspecified atom stereocenters. The third-order valence-electron chi connectivity index (χ3n) is 3.98. The Morgan fingerprint density at radius 2 is 1.26 bits per heavy atom. The molecular weight excluding hydrogens is 320 g/mol. The van der Waals surface area contributed by atoms with E-state index in [4.69, 9.17) is 19.3 Å². The SMILES string of the molecule is OC[C@H]1O[C@H](O[C@H]2[C@@H](O)[C@@H](O)[C@H](O)O[C@@H]2CO)[C@H](O)[C@H](O)[C@@H]1O. The summed E-state index contributed by atoms with van der Waals surface area (Å²) in [6.07, 6.45) is -15.6. The summed E-state index contributed by atoms with van der Waals surface area (Å²) in [5.41, 5.74) is 0. The van der Waals surface area contributed by atoms with Crippen LogP contribution in [0, 0.1) is 0 Å². The highest BCUT2D eigenvalue weighted by molar-refractivity contribution is 4.93. The first-order chi connectivity index (χ1) is 10.8. The first-order valence-corrected chi connectivity index (χ1v) is 7.08. The molecule has 136 valence electrons. The topological polar surface area (TPSA) is 190 Å². The Balaban J connectivity index is 2.11. The van der Waals surface area contributed by atoms with E-state index in [1.54, 1.807) is 0 Å². The van der Waals surface area contributed by atoms with Crippen molar-refractivity contribution < 1.29 is 55.1 Å². The largest absolute Gasteiger partial charge is 0.394 e. The van der Waals surface area contributed by atoms with Gasteiger partial charge in [0.2, 0.25) is 0 Å². The van der Waals surface area contributed by atoms with E-state index in [-0.39, 0.29) is 0 Å². The second-order valence-electron chi connectivity index (χ2n) is 5.53. The molecule has 0 spiro atoms. The lowest BCUT2D eigenvalue weighted by Gasteiger charge is -2.45. The van der Waals surface area contributed by atoms with Gasteiger partial charge >= 0.3 is 0 Å². The summed E-state index contributed by atoms with van der Waals surface area (Å²) in [4.78, 5) is 0. The Kier molecular flexibility index (Phi) is 6.27. The summed E-state index contributed by atoms with van der Waals surface area (Å²) in [6.45, 7) is -1.35. The van der Waals surface area contributed by atoms with Gasteiger partial charge in [-0.15, -0.1) is 0 Å². The van der Waals surface area contributed by atoms with Crippen LogP contribution in [0.15, 0.2) is 0 Å². The Bertz CT molecular complexity index is 378.